The Morgan fingerprint density at radius 3 is 2.43 bits per heavy atom. The van der Waals surface area contributed by atoms with Crippen LogP contribution in [0.15, 0.2) is 24.3 Å². The molecule has 0 aliphatic heterocycles. The largest absolute Gasteiger partial charge is 0.465 e. The smallest absolute Gasteiger partial charge is 0.337 e. The van der Waals surface area contributed by atoms with Gasteiger partial charge in [-0.3, -0.25) is 9.59 Å². The second-order valence-electron chi connectivity index (χ2n) is 5.47. The lowest BCUT2D eigenvalue weighted by Gasteiger charge is -2.10. The molecule has 2 rings (SSSR count). The second kappa shape index (κ2) is 7.73. The van der Waals surface area contributed by atoms with Gasteiger partial charge in [0.2, 0.25) is 0 Å². The Balaban J connectivity index is 1.76. The molecule has 124 valence electrons. The fourth-order valence-corrected chi connectivity index (χ4v) is 2.13. The Kier molecular flexibility index (Phi) is 5.70. The summed E-state index contributed by atoms with van der Waals surface area (Å²) in [4.78, 5) is 34.7. The molecule has 0 saturated heterocycles. The Bertz CT molecular complexity index is 581. The van der Waals surface area contributed by atoms with Crippen molar-refractivity contribution in [2.45, 2.75) is 25.4 Å². The molecule has 23 heavy (non-hydrogen) atoms. The molecule has 3 N–H and O–H groups in total. The van der Waals surface area contributed by atoms with Crippen molar-refractivity contribution >= 4 is 23.5 Å². The monoisotopic (exact) mass is 320 g/mol. The maximum atomic E-state index is 11.7. The lowest BCUT2D eigenvalue weighted by atomic mass is 10.1. The topological polar surface area (TPSA) is 105 Å². The zero-order chi connectivity index (χ0) is 16.8. The zero-order valence-electron chi connectivity index (χ0n) is 12.9. The van der Waals surface area contributed by atoms with E-state index in [0.29, 0.717) is 23.6 Å². The number of carbonyl (C=O) groups is 3. The summed E-state index contributed by atoms with van der Waals surface area (Å²) in [5.41, 5.74) is 0.750. The summed E-state index contributed by atoms with van der Waals surface area (Å²) >= 11 is 0. The average Bonchev–Trinajstić information content (AvgIpc) is 3.39. The van der Waals surface area contributed by atoms with Crippen molar-refractivity contribution in [3.63, 3.8) is 0 Å². The van der Waals surface area contributed by atoms with E-state index in [0.717, 1.165) is 12.8 Å². The Morgan fingerprint density at radius 2 is 1.87 bits per heavy atom. The lowest BCUT2D eigenvalue weighted by molar-refractivity contribution is -0.136. The van der Waals surface area contributed by atoms with Gasteiger partial charge in [-0.15, -0.1) is 0 Å². The Morgan fingerprint density at radius 1 is 1.22 bits per heavy atom. The highest BCUT2D eigenvalue weighted by atomic mass is 16.5. The first-order valence-electron chi connectivity index (χ1n) is 7.47. The standard InChI is InChI=1S/C16H20N2O5/c1-23-16(22)11-4-6-12(7-5-11)18-15(21)14(20)17-9-8-13(19)10-2-3-10/h4-7,10,13,19H,2-3,8-9H2,1H3,(H,17,20)(H,18,21). The van der Waals surface area contributed by atoms with E-state index in [4.69, 9.17) is 0 Å². The number of anilines is 1. The Hall–Kier alpha value is -2.41. The second-order valence-corrected chi connectivity index (χ2v) is 5.47. The highest BCUT2D eigenvalue weighted by Gasteiger charge is 2.29. The van der Waals surface area contributed by atoms with E-state index in [-0.39, 0.29) is 6.54 Å². The molecule has 0 heterocycles. The number of hydrogen-bond donors (Lipinski definition) is 3. The van der Waals surface area contributed by atoms with Gasteiger partial charge in [-0.2, -0.15) is 0 Å². The van der Waals surface area contributed by atoms with Crippen LogP contribution >= 0.6 is 0 Å². The van der Waals surface area contributed by atoms with Crippen molar-refractivity contribution in [2.75, 3.05) is 19.0 Å². The van der Waals surface area contributed by atoms with E-state index in [1.807, 2.05) is 0 Å². The molecule has 1 saturated carbocycles. The van der Waals surface area contributed by atoms with Crippen molar-refractivity contribution in [1.82, 2.24) is 5.32 Å². The van der Waals surface area contributed by atoms with Gasteiger partial charge in [0.1, 0.15) is 0 Å². The van der Waals surface area contributed by atoms with Gasteiger partial charge in [0, 0.05) is 12.2 Å². The van der Waals surface area contributed by atoms with Crippen LogP contribution in [0.25, 0.3) is 0 Å². The number of hydrogen-bond acceptors (Lipinski definition) is 5. The Labute approximate surface area is 134 Å². The van der Waals surface area contributed by atoms with Gasteiger partial charge in [-0.25, -0.2) is 4.79 Å². The van der Waals surface area contributed by atoms with Crippen LogP contribution in [0.5, 0.6) is 0 Å². The molecule has 1 aromatic carbocycles. The SMILES string of the molecule is COC(=O)c1ccc(NC(=O)C(=O)NCCC(O)C2CC2)cc1. The van der Waals surface area contributed by atoms with Crippen molar-refractivity contribution in [1.29, 1.82) is 0 Å². The summed E-state index contributed by atoms with van der Waals surface area (Å²) in [5.74, 6) is -1.69. The van der Waals surface area contributed by atoms with Crippen LogP contribution in [-0.2, 0) is 14.3 Å². The number of ether oxygens (including phenoxy) is 1. The highest BCUT2D eigenvalue weighted by Crippen LogP contribution is 2.33. The molecule has 2 amide bonds. The maximum absolute atomic E-state index is 11.7. The number of aliphatic hydroxyl groups excluding tert-OH is 1. The van der Waals surface area contributed by atoms with Crippen LogP contribution in [-0.4, -0.2) is 42.6 Å². The van der Waals surface area contributed by atoms with Gasteiger partial charge in [0.25, 0.3) is 0 Å². The van der Waals surface area contributed by atoms with Crippen LogP contribution in [0.1, 0.15) is 29.6 Å². The fourth-order valence-electron chi connectivity index (χ4n) is 2.13. The third-order valence-corrected chi connectivity index (χ3v) is 3.66. The maximum Gasteiger partial charge on any atom is 0.337 e. The molecule has 1 aliphatic rings. The van der Waals surface area contributed by atoms with Crippen LogP contribution in [0.4, 0.5) is 5.69 Å². The number of aliphatic hydroxyl groups is 1. The van der Waals surface area contributed by atoms with Gasteiger partial charge in [-0.1, -0.05) is 0 Å². The first kappa shape index (κ1) is 17.0. The molecule has 1 atom stereocenters. The summed E-state index contributed by atoms with van der Waals surface area (Å²) in [6.07, 6.45) is 2.08. The van der Waals surface area contributed by atoms with Crippen LogP contribution in [0.3, 0.4) is 0 Å². The van der Waals surface area contributed by atoms with Crippen molar-refractivity contribution in [3.8, 4) is 0 Å². The van der Waals surface area contributed by atoms with Gasteiger partial charge in [0.15, 0.2) is 0 Å². The molecule has 1 aromatic rings. The number of methoxy groups -OCH3 is 1. The predicted molar refractivity (Wildman–Crippen MR) is 82.8 cm³/mol. The van der Waals surface area contributed by atoms with E-state index >= 15 is 0 Å². The van der Waals surface area contributed by atoms with Crippen LogP contribution < -0.4 is 10.6 Å². The van der Waals surface area contributed by atoms with Crippen molar-refractivity contribution in [2.24, 2.45) is 5.92 Å². The summed E-state index contributed by atoms with van der Waals surface area (Å²) in [7, 11) is 1.28. The molecule has 0 bridgehead atoms. The predicted octanol–water partition coefficient (Wildman–Crippen LogP) is 0.689. The average molecular weight is 320 g/mol. The van der Waals surface area contributed by atoms with E-state index < -0.39 is 23.9 Å². The fraction of sp³-hybridized carbons (Fsp3) is 0.438. The molecule has 0 radical (unpaired) electrons. The summed E-state index contributed by atoms with van der Waals surface area (Å²) < 4.78 is 4.57. The van der Waals surface area contributed by atoms with Gasteiger partial charge in [-0.05, 0) is 49.4 Å². The van der Waals surface area contributed by atoms with Gasteiger partial charge >= 0.3 is 17.8 Å². The molecular formula is C16H20N2O5. The molecule has 1 fully saturated rings. The van der Waals surface area contributed by atoms with E-state index in [9.17, 15) is 19.5 Å². The minimum Gasteiger partial charge on any atom is -0.465 e. The molecule has 7 heteroatoms. The number of carbonyl (C=O) groups excluding carboxylic acids is 3. The first-order valence-corrected chi connectivity index (χ1v) is 7.47. The molecule has 0 spiro atoms. The summed E-state index contributed by atoms with van der Waals surface area (Å²) in [6, 6.07) is 6.00. The number of nitrogens with one attached hydrogen (secondary N) is 2. The molecular weight excluding hydrogens is 300 g/mol. The molecule has 0 aromatic heterocycles. The normalized spacial score (nSPS) is 14.7. The summed E-state index contributed by atoms with van der Waals surface area (Å²) in [6.45, 7) is 0.255. The van der Waals surface area contributed by atoms with Crippen LogP contribution in [0.2, 0.25) is 0 Å². The minimum absolute atomic E-state index is 0.255. The van der Waals surface area contributed by atoms with E-state index in [1.54, 1.807) is 0 Å². The highest BCUT2D eigenvalue weighted by molar-refractivity contribution is 6.39. The minimum atomic E-state index is -0.795. The molecule has 1 unspecified atom stereocenters. The van der Waals surface area contributed by atoms with Gasteiger partial charge < -0.3 is 20.5 Å². The third-order valence-electron chi connectivity index (χ3n) is 3.66. The number of esters is 1. The number of amides is 2. The van der Waals surface area contributed by atoms with Crippen molar-refractivity contribution < 1.29 is 24.2 Å². The molecule has 1 aliphatic carbocycles. The number of rotatable bonds is 6. The summed E-state index contributed by atoms with van der Waals surface area (Å²) in [5, 5.41) is 14.6. The third kappa shape index (κ3) is 5.07. The van der Waals surface area contributed by atoms with Gasteiger partial charge in [0.05, 0.1) is 18.8 Å². The zero-order valence-corrected chi connectivity index (χ0v) is 12.9. The van der Waals surface area contributed by atoms with E-state index in [1.165, 1.54) is 31.4 Å². The lowest BCUT2D eigenvalue weighted by Crippen LogP contribution is -2.37. The quantitative estimate of drug-likeness (QED) is 0.528. The molecule has 7 nitrogen and oxygen atoms in total. The number of benzene rings is 1. The van der Waals surface area contributed by atoms with E-state index in [2.05, 4.69) is 15.4 Å². The van der Waals surface area contributed by atoms with Crippen LogP contribution in [0, 0.1) is 5.92 Å². The van der Waals surface area contributed by atoms with Crippen molar-refractivity contribution in [3.05, 3.63) is 29.8 Å². The first-order chi connectivity index (χ1) is 11.0.